The van der Waals surface area contributed by atoms with E-state index in [0.717, 1.165) is 12.1 Å². The summed E-state index contributed by atoms with van der Waals surface area (Å²) in [6.45, 7) is 6.91. The molecule has 80 valence electrons. The molecule has 1 heterocycles. The Morgan fingerprint density at radius 1 is 1.47 bits per heavy atom. The molecule has 0 aromatic carbocycles. The molecule has 0 unspecified atom stereocenters. The Labute approximate surface area is 90.0 Å². The summed E-state index contributed by atoms with van der Waals surface area (Å²) in [5, 5.41) is 3.50. The molecule has 0 bridgehead atoms. The molecule has 1 rings (SSSR count). The molecule has 0 spiro atoms. The lowest BCUT2D eigenvalue weighted by molar-refractivity contribution is 0.411. The summed E-state index contributed by atoms with van der Waals surface area (Å²) in [5.41, 5.74) is 10.5. The molecule has 0 atom stereocenters. The van der Waals surface area contributed by atoms with Crippen LogP contribution in [0.2, 0.25) is 0 Å². The number of azide groups is 1. The summed E-state index contributed by atoms with van der Waals surface area (Å²) in [6.07, 6.45) is 2.77. The van der Waals surface area contributed by atoms with Crippen molar-refractivity contribution in [3.05, 3.63) is 40.0 Å². The van der Waals surface area contributed by atoms with Gasteiger partial charge >= 0.3 is 0 Å². The van der Waals surface area contributed by atoms with E-state index in [9.17, 15) is 0 Å². The third-order valence-corrected chi connectivity index (χ3v) is 1.91. The van der Waals surface area contributed by atoms with Crippen LogP contribution in [0.25, 0.3) is 10.4 Å². The van der Waals surface area contributed by atoms with Crippen LogP contribution in [-0.2, 0) is 13.0 Å². The zero-order valence-corrected chi connectivity index (χ0v) is 9.44. The van der Waals surface area contributed by atoms with Gasteiger partial charge in [-0.2, -0.15) is 0 Å². The molecular formula is C11H16N4. The normalized spacial score (nSPS) is 10.9. The van der Waals surface area contributed by atoms with Crippen molar-refractivity contribution in [2.24, 2.45) is 10.5 Å². The smallest absolute Gasteiger partial charge is 0.0684 e. The Bertz CT molecular complexity index is 372. The van der Waals surface area contributed by atoms with Crippen LogP contribution in [0.1, 0.15) is 32.0 Å². The van der Waals surface area contributed by atoms with E-state index in [4.69, 9.17) is 5.53 Å². The van der Waals surface area contributed by atoms with Gasteiger partial charge in [0, 0.05) is 16.8 Å². The van der Waals surface area contributed by atoms with E-state index >= 15 is 0 Å². The maximum absolute atomic E-state index is 8.21. The first kappa shape index (κ1) is 11.5. The molecule has 4 heteroatoms. The van der Waals surface area contributed by atoms with E-state index in [2.05, 4.69) is 35.8 Å². The largest absolute Gasteiger partial charge is 0.261 e. The Morgan fingerprint density at radius 2 is 2.20 bits per heavy atom. The van der Waals surface area contributed by atoms with Gasteiger partial charge < -0.3 is 0 Å². The third kappa shape index (κ3) is 4.47. The van der Waals surface area contributed by atoms with E-state index in [1.807, 2.05) is 12.1 Å². The maximum Gasteiger partial charge on any atom is 0.0684 e. The van der Waals surface area contributed by atoms with Crippen LogP contribution in [0, 0.1) is 5.41 Å². The molecule has 0 fully saturated rings. The zero-order valence-electron chi connectivity index (χ0n) is 9.44. The highest BCUT2D eigenvalue weighted by Crippen LogP contribution is 2.20. The molecular weight excluding hydrogens is 188 g/mol. The Balaban J connectivity index is 2.78. The van der Waals surface area contributed by atoms with E-state index in [0.29, 0.717) is 6.54 Å². The quantitative estimate of drug-likeness (QED) is 0.422. The topological polar surface area (TPSA) is 61.7 Å². The second-order valence-corrected chi connectivity index (χ2v) is 4.78. The second kappa shape index (κ2) is 4.80. The molecule has 0 aliphatic heterocycles. The van der Waals surface area contributed by atoms with Gasteiger partial charge in [-0.1, -0.05) is 25.9 Å². The molecule has 0 saturated carbocycles. The third-order valence-electron chi connectivity index (χ3n) is 1.91. The van der Waals surface area contributed by atoms with Crippen LogP contribution in [-0.4, -0.2) is 4.98 Å². The summed E-state index contributed by atoms with van der Waals surface area (Å²) >= 11 is 0. The van der Waals surface area contributed by atoms with E-state index in [-0.39, 0.29) is 5.41 Å². The van der Waals surface area contributed by atoms with Crippen LogP contribution in [0.4, 0.5) is 0 Å². The van der Waals surface area contributed by atoms with Crippen molar-refractivity contribution in [3.63, 3.8) is 0 Å². The van der Waals surface area contributed by atoms with Crippen molar-refractivity contribution < 1.29 is 0 Å². The summed E-state index contributed by atoms with van der Waals surface area (Å²) in [6, 6.07) is 4.00. The van der Waals surface area contributed by atoms with Crippen LogP contribution >= 0.6 is 0 Å². The van der Waals surface area contributed by atoms with Crippen molar-refractivity contribution in [2.75, 3.05) is 0 Å². The highest BCUT2D eigenvalue weighted by Gasteiger charge is 2.11. The maximum atomic E-state index is 8.21. The molecule has 1 aromatic rings. The predicted octanol–water partition coefficient (Wildman–Crippen LogP) is 3.48. The lowest BCUT2D eigenvalue weighted by Crippen LogP contribution is -2.09. The molecule has 0 aliphatic rings. The highest BCUT2D eigenvalue weighted by molar-refractivity contribution is 5.17. The molecule has 0 N–H and O–H groups in total. The fraction of sp³-hybridized carbons (Fsp3) is 0.545. The van der Waals surface area contributed by atoms with Crippen molar-refractivity contribution in [1.29, 1.82) is 0 Å². The van der Waals surface area contributed by atoms with Gasteiger partial charge in [0.05, 0.1) is 6.54 Å². The van der Waals surface area contributed by atoms with Crippen molar-refractivity contribution in [3.8, 4) is 0 Å². The summed E-state index contributed by atoms with van der Waals surface area (Å²) in [4.78, 5) is 6.86. The van der Waals surface area contributed by atoms with E-state index in [1.54, 1.807) is 6.20 Å². The van der Waals surface area contributed by atoms with Gasteiger partial charge in [0.25, 0.3) is 0 Å². The average Bonchev–Trinajstić information content (AvgIpc) is 2.12. The number of pyridine rings is 1. The Hall–Kier alpha value is -1.54. The zero-order chi connectivity index (χ0) is 11.3. The first-order valence-electron chi connectivity index (χ1n) is 4.96. The van der Waals surface area contributed by atoms with Crippen LogP contribution in [0.3, 0.4) is 0 Å². The van der Waals surface area contributed by atoms with Gasteiger partial charge in [-0.15, -0.1) is 0 Å². The number of nitrogens with zero attached hydrogens (tertiary/aromatic N) is 4. The Kier molecular flexibility index (Phi) is 3.69. The lowest BCUT2D eigenvalue weighted by atomic mass is 9.88. The van der Waals surface area contributed by atoms with Crippen molar-refractivity contribution >= 4 is 0 Å². The average molecular weight is 204 g/mol. The standard InChI is InChI=1S/C11H16N4/c1-11(2,3)7-9-4-5-13-10(6-9)8-14-15-12/h4-6H,7-8H2,1-3H3. The van der Waals surface area contributed by atoms with E-state index in [1.165, 1.54) is 5.56 Å². The molecule has 0 radical (unpaired) electrons. The van der Waals surface area contributed by atoms with Crippen LogP contribution in [0.15, 0.2) is 23.4 Å². The predicted molar refractivity (Wildman–Crippen MR) is 60.2 cm³/mol. The first-order valence-corrected chi connectivity index (χ1v) is 4.96. The summed E-state index contributed by atoms with van der Waals surface area (Å²) in [5.74, 6) is 0. The first-order chi connectivity index (χ1) is 7.01. The van der Waals surface area contributed by atoms with Gasteiger partial charge in [-0.25, -0.2) is 0 Å². The second-order valence-electron chi connectivity index (χ2n) is 4.78. The molecule has 4 nitrogen and oxygen atoms in total. The molecule has 15 heavy (non-hydrogen) atoms. The van der Waals surface area contributed by atoms with Crippen molar-refractivity contribution in [2.45, 2.75) is 33.7 Å². The number of rotatable bonds is 3. The lowest BCUT2D eigenvalue weighted by Gasteiger charge is -2.18. The van der Waals surface area contributed by atoms with Gasteiger partial charge in [-0.3, -0.25) is 4.98 Å². The van der Waals surface area contributed by atoms with Gasteiger partial charge in [0.1, 0.15) is 0 Å². The van der Waals surface area contributed by atoms with Crippen LogP contribution < -0.4 is 0 Å². The Morgan fingerprint density at radius 3 is 2.80 bits per heavy atom. The highest BCUT2D eigenvalue weighted by atomic mass is 15.1. The van der Waals surface area contributed by atoms with Crippen LogP contribution in [0.5, 0.6) is 0 Å². The minimum absolute atomic E-state index is 0.261. The molecule has 1 aromatic heterocycles. The fourth-order valence-corrected chi connectivity index (χ4v) is 1.44. The minimum Gasteiger partial charge on any atom is -0.261 e. The summed E-state index contributed by atoms with van der Waals surface area (Å²) in [7, 11) is 0. The molecule has 0 saturated heterocycles. The monoisotopic (exact) mass is 204 g/mol. The van der Waals surface area contributed by atoms with Gasteiger partial charge in [0.2, 0.25) is 0 Å². The minimum atomic E-state index is 0.261. The molecule has 0 aliphatic carbocycles. The number of hydrogen-bond donors (Lipinski definition) is 0. The summed E-state index contributed by atoms with van der Waals surface area (Å²) < 4.78 is 0. The SMILES string of the molecule is CC(C)(C)Cc1ccnc(CN=[N+]=[N-])c1. The van der Waals surface area contributed by atoms with Crippen molar-refractivity contribution in [1.82, 2.24) is 4.98 Å². The number of aromatic nitrogens is 1. The molecule has 0 amide bonds. The van der Waals surface area contributed by atoms with Gasteiger partial charge in [-0.05, 0) is 35.1 Å². The fourth-order valence-electron chi connectivity index (χ4n) is 1.44. The van der Waals surface area contributed by atoms with E-state index < -0.39 is 0 Å². The number of hydrogen-bond acceptors (Lipinski definition) is 2. The van der Waals surface area contributed by atoms with Gasteiger partial charge in [0.15, 0.2) is 0 Å².